The van der Waals surface area contributed by atoms with Crippen LogP contribution >= 0.6 is 0 Å². The van der Waals surface area contributed by atoms with Gasteiger partial charge in [0.1, 0.15) is 0 Å². The summed E-state index contributed by atoms with van der Waals surface area (Å²) in [6.07, 6.45) is 15.2. The van der Waals surface area contributed by atoms with Crippen LogP contribution in [0.15, 0.2) is 18.7 Å². The van der Waals surface area contributed by atoms with Crippen LogP contribution in [0.2, 0.25) is 0 Å². The molecule has 1 aromatic heterocycles. The van der Waals surface area contributed by atoms with E-state index in [1.165, 1.54) is 32.1 Å². The number of Topliss-reactive ketones (excluding diaryl/α,β-unsaturated/α-hetero) is 1. The fourth-order valence-corrected chi connectivity index (χ4v) is 8.60. The van der Waals surface area contributed by atoms with Gasteiger partial charge in [-0.3, -0.25) is 4.79 Å². The lowest BCUT2D eigenvalue weighted by Crippen LogP contribution is -2.56. The van der Waals surface area contributed by atoms with Crippen molar-refractivity contribution in [2.75, 3.05) is 7.11 Å². The van der Waals surface area contributed by atoms with E-state index >= 15 is 0 Å². The van der Waals surface area contributed by atoms with E-state index in [2.05, 4.69) is 18.8 Å². The fourth-order valence-electron chi connectivity index (χ4n) is 8.60. The molecule has 166 valence electrons. The van der Waals surface area contributed by atoms with Crippen LogP contribution in [0.25, 0.3) is 0 Å². The van der Waals surface area contributed by atoms with Crippen molar-refractivity contribution in [1.29, 1.82) is 0 Å². The lowest BCUT2D eigenvalue weighted by molar-refractivity contribution is -0.247. The molecule has 3 unspecified atom stereocenters. The molecule has 5 heteroatoms. The van der Waals surface area contributed by atoms with E-state index in [0.29, 0.717) is 29.6 Å². The molecule has 0 amide bonds. The van der Waals surface area contributed by atoms with Gasteiger partial charge in [0.05, 0.1) is 12.9 Å². The van der Waals surface area contributed by atoms with E-state index in [0.717, 1.165) is 37.5 Å². The number of carbonyl (C=O) groups excluding carboxylic acids is 1. The summed E-state index contributed by atoms with van der Waals surface area (Å²) < 4.78 is 7.42. The lowest BCUT2D eigenvalue weighted by Gasteiger charge is -2.61. The number of aromatic nitrogens is 2. The number of ether oxygens (including phenoxy) is 1. The molecule has 8 atom stereocenters. The SMILES string of the molecule is CO[C@@]1(O)CC[C@]2(C)C3CC[C@@]4(C)C(CC[C@@H]4C(=O)Cn4ccnc4)C3CC[C@H]2C1. The van der Waals surface area contributed by atoms with Crippen molar-refractivity contribution in [3.05, 3.63) is 18.7 Å². The van der Waals surface area contributed by atoms with Gasteiger partial charge in [-0.05, 0) is 79.4 Å². The van der Waals surface area contributed by atoms with Gasteiger partial charge in [-0.2, -0.15) is 0 Å². The number of ketones is 1. The molecule has 4 fully saturated rings. The average molecular weight is 415 g/mol. The number of nitrogens with zero attached hydrogens (tertiary/aromatic N) is 2. The molecular formula is C25H38N2O3. The van der Waals surface area contributed by atoms with E-state index in [-0.39, 0.29) is 11.3 Å². The summed E-state index contributed by atoms with van der Waals surface area (Å²) in [5.41, 5.74) is 0.470. The standard InChI is InChI=1S/C25H38N2O3/c1-23-10-11-25(29,30-3)14-17(23)4-5-18-19-6-7-21(24(19,2)9-8-20(18)23)22(28)15-27-13-12-26-16-27/h12-13,16-21,29H,4-11,14-15H2,1-3H3/t17-,18?,19?,20?,21+,23-,24-,25-/m0/s1. The van der Waals surface area contributed by atoms with Gasteiger partial charge in [0.2, 0.25) is 0 Å². The van der Waals surface area contributed by atoms with Crippen molar-refractivity contribution in [2.45, 2.75) is 84.0 Å². The predicted molar refractivity (Wildman–Crippen MR) is 114 cm³/mol. The highest BCUT2D eigenvalue weighted by molar-refractivity contribution is 5.82. The Balaban J connectivity index is 1.34. The smallest absolute Gasteiger partial charge is 0.165 e. The van der Waals surface area contributed by atoms with Crippen LogP contribution in [0.3, 0.4) is 0 Å². The third-order valence-electron chi connectivity index (χ3n) is 10.4. The monoisotopic (exact) mass is 414 g/mol. The largest absolute Gasteiger partial charge is 0.365 e. The highest BCUT2D eigenvalue weighted by Gasteiger charge is 2.62. The third kappa shape index (κ3) is 3.02. The lowest BCUT2D eigenvalue weighted by atomic mass is 9.44. The second kappa shape index (κ2) is 7.16. The zero-order chi connectivity index (χ0) is 21.1. The summed E-state index contributed by atoms with van der Waals surface area (Å²) in [5, 5.41) is 10.8. The summed E-state index contributed by atoms with van der Waals surface area (Å²) in [7, 11) is 1.65. The Morgan fingerprint density at radius 2 is 1.90 bits per heavy atom. The first-order valence-corrected chi connectivity index (χ1v) is 12.0. The first-order chi connectivity index (χ1) is 14.3. The van der Waals surface area contributed by atoms with Gasteiger partial charge in [-0.1, -0.05) is 13.8 Å². The van der Waals surface area contributed by atoms with E-state index in [1.807, 2.05) is 10.8 Å². The van der Waals surface area contributed by atoms with Crippen LogP contribution in [0.1, 0.15) is 71.6 Å². The molecule has 30 heavy (non-hydrogen) atoms. The Kier molecular flexibility index (Phi) is 4.94. The molecule has 1 aromatic rings. The maximum Gasteiger partial charge on any atom is 0.165 e. The van der Waals surface area contributed by atoms with Crippen LogP contribution in [-0.2, 0) is 16.1 Å². The Morgan fingerprint density at radius 1 is 1.10 bits per heavy atom. The summed E-state index contributed by atoms with van der Waals surface area (Å²) in [6.45, 7) is 5.40. The molecule has 0 radical (unpaired) electrons. The first kappa shape index (κ1) is 20.7. The van der Waals surface area contributed by atoms with E-state index in [1.54, 1.807) is 19.6 Å². The fraction of sp³-hybridized carbons (Fsp3) is 0.840. The molecule has 5 rings (SSSR count). The molecule has 0 saturated heterocycles. The Hall–Kier alpha value is -1.20. The van der Waals surface area contributed by atoms with E-state index in [9.17, 15) is 9.90 Å². The summed E-state index contributed by atoms with van der Waals surface area (Å²) in [6, 6.07) is 0. The van der Waals surface area contributed by atoms with Gasteiger partial charge >= 0.3 is 0 Å². The van der Waals surface area contributed by atoms with E-state index in [4.69, 9.17) is 4.74 Å². The number of imidazole rings is 1. The second-order valence-corrected chi connectivity index (χ2v) is 11.4. The molecule has 0 aliphatic heterocycles. The first-order valence-electron chi connectivity index (χ1n) is 12.0. The highest BCUT2D eigenvalue weighted by atomic mass is 16.6. The molecule has 4 aliphatic carbocycles. The molecule has 4 saturated carbocycles. The number of hydrogen-bond acceptors (Lipinski definition) is 4. The Bertz CT molecular complexity index is 794. The molecule has 0 aromatic carbocycles. The van der Waals surface area contributed by atoms with Crippen molar-refractivity contribution >= 4 is 5.78 Å². The van der Waals surface area contributed by atoms with E-state index < -0.39 is 5.79 Å². The minimum Gasteiger partial charge on any atom is -0.365 e. The summed E-state index contributed by atoms with van der Waals surface area (Å²) >= 11 is 0. The molecule has 1 N–H and O–H groups in total. The van der Waals surface area contributed by atoms with Gasteiger partial charge in [0.15, 0.2) is 11.6 Å². The molecule has 0 bridgehead atoms. The van der Waals surface area contributed by atoms with Crippen LogP contribution in [0.5, 0.6) is 0 Å². The van der Waals surface area contributed by atoms with Crippen molar-refractivity contribution in [1.82, 2.24) is 9.55 Å². The average Bonchev–Trinajstić information content (AvgIpc) is 3.35. The van der Waals surface area contributed by atoms with Gasteiger partial charge in [0.25, 0.3) is 0 Å². The molecular weight excluding hydrogens is 376 g/mol. The number of rotatable bonds is 4. The van der Waals surface area contributed by atoms with Crippen molar-refractivity contribution in [3.63, 3.8) is 0 Å². The Labute approximate surface area is 180 Å². The van der Waals surface area contributed by atoms with Gasteiger partial charge in [-0.25, -0.2) is 4.98 Å². The summed E-state index contributed by atoms with van der Waals surface area (Å²) in [5.74, 6) is 2.39. The van der Waals surface area contributed by atoms with Gasteiger partial charge in [-0.15, -0.1) is 0 Å². The van der Waals surface area contributed by atoms with Crippen molar-refractivity contribution in [2.24, 2.45) is 40.4 Å². The topological polar surface area (TPSA) is 64.3 Å². The van der Waals surface area contributed by atoms with Gasteiger partial charge in [0, 0.05) is 38.3 Å². The predicted octanol–water partition coefficient (Wildman–Crippen LogP) is 4.45. The molecule has 0 spiro atoms. The van der Waals surface area contributed by atoms with Crippen LogP contribution in [-0.4, -0.2) is 33.3 Å². The summed E-state index contributed by atoms with van der Waals surface area (Å²) in [4.78, 5) is 17.3. The zero-order valence-electron chi connectivity index (χ0n) is 18.8. The third-order valence-corrected chi connectivity index (χ3v) is 10.4. The molecule has 5 nitrogen and oxygen atoms in total. The zero-order valence-corrected chi connectivity index (χ0v) is 18.8. The van der Waals surface area contributed by atoms with Crippen LogP contribution in [0, 0.1) is 40.4 Å². The number of aliphatic hydroxyl groups is 1. The number of hydrogen-bond donors (Lipinski definition) is 1. The maximum absolute atomic E-state index is 13.2. The number of fused-ring (bicyclic) bond motifs is 5. The van der Waals surface area contributed by atoms with Crippen molar-refractivity contribution in [3.8, 4) is 0 Å². The van der Waals surface area contributed by atoms with Crippen molar-refractivity contribution < 1.29 is 14.6 Å². The minimum absolute atomic E-state index is 0.157. The maximum atomic E-state index is 13.2. The number of methoxy groups -OCH3 is 1. The van der Waals surface area contributed by atoms with Gasteiger partial charge < -0.3 is 14.4 Å². The van der Waals surface area contributed by atoms with Crippen LogP contribution in [0.4, 0.5) is 0 Å². The molecule has 1 heterocycles. The normalized spacial score (nSPS) is 47.9. The Morgan fingerprint density at radius 3 is 2.63 bits per heavy atom. The second-order valence-electron chi connectivity index (χ2n) is 11.4. The molecule has 4 aliphatic rings. The minimum atomic E-state index is -0.918. The number of carbonyl (C=O) groups is 1. The highest BCUT2D eigenvalue weighted by Crippen LogP contribution is 2.68. The van der Waals surface area contributed by atoms with Crippen LogP contribution < -0.4 is 0 Å². The quantitative estimate of drug-likeness (QED) is 0.740.